The first-order chi connectivity index (χ1) is 12.3. The largest absolute Gasteiger partial charge is 0.354 e. The lowest BCUT2D eigenvalue weighted by Crippen LogP contribution is -2.50. The van der Waals surface area contributed by atoms with Gasteiger partial charge in [-0.05, 0) is 23.1 Å². The van der Waals surface area contributed by atoms with Crippen LogP contribution in [0.3, 0.4) is 0 Å². The summed E-state index contributed by atoms with van der Waals surface area (Å²) in [5, 5.41) is 3.10. The summed E-state index contributed by atoms with van der Waals surface area (Å²) in [6, 6.07) is 18.9. The molecule has 4 rings (SSSR count). The van der Waals surface area contributed by atoms with Crippen LogP contribution in [-0.2, 0) is 17.8 Å². The van der Waals surface area contributed by atoms with Crippen molar-refractivity contribution in [1.29, 1.82) is 0 Å². The first-order valence-electron chi connectivity index (χ1n) is 9.17. The van der Waals surface area contributed by atoms with E-state index in [0.717, 1.165) is 45.7 Å². The lowest BCUT2D eigenvalue weighted by molar-refractivity contribution is -0.127. The molecule has 130 valence electrons. The average Bonchev–Trinajstić information content (AvgIpc) is 2.82. The highest BCUT2D eigenvalue weighted by molar-refractivity contribution is 5.84. The fraction of sp³-hybridized carbons (Fsp3) is 0.381. The molecule has 2 aliphatic heterocycles. The van der Waals surface area contributed by atoms with Crippen molar-refractivity contribution in [1.82, 2.24) is 15.1 Å². The van der Waals surface area contributed by atoms with E-state index in [2.05, 4.69) is 69.7 Å². The zero-order valence-corrected chi connectivity index (χ0v) is 14.5. The fourth-order valence-corrected chi connectivity index (χ4v) is 3.97. The zero-order valence-electron chi connectivity index (χ0n) is 14.5. The van der Waals surface area contributed by atoms with Gasteiger partial charge in [0.25, 0.3) is 0 Å². The molecule has 0 saturated carbocycles. The third-order valence-electron chi connectivity index (χ3n) is 5.31. The smallest absolute Gasteiger partial charge is 0.241 e. The number of carbonyl (C=O) groups is 1. The molecule has 1 saturated heterocycles. The second-order valence-corrected chi connectivity index (χ2v) is 6.94. The zero-order chi connectivity index (χ0) is 17.1. The summed E-state index contributed by atoms with van der Waals surface area (Å²) in [7, 11) is 0. The molecule has 0 bridgehead atoms. The minimum absolute atomic E-state index is 0.141. The Balaban J connectivity index is 1.45. The summed E-state index contributed by atoms with van der Waals surface area (Å²) < 4.78 is 0. The summed E-state index contributed by atoms with van der Waals surface area (Å²) in [6.07, 6.45) is 0.923. The van der Waals surface area contributed by atoms with Gasteiger partial charge in [0.2, 0.25) is 5.91 Å². The second kappa shape index (κ2) is 7.38. The predicted octanol–water partition coefficient (Wildman–Crippen LogP) is 2.22. The van der Waals surface area contributed by atoms with E-state index in [1.165, 1.54) is 16.7 Å². The molecule has 0 radical (unpaired) electrons. The van der Waals surface area contributed by atoms with Crippen LogP contribution in [-0.4, -0.2) is 48.4 Å². The molecule has 0 aliphatic carbocycles. The Morgan fingerprint density at radius 2 is 1.64 bits per heavy atom. The summed E-state index contributed by atoms with van der Waals surface area (Å²) in [5.41, 5.74) is 3.85. The van der Waals surface area contributed by atoms with Crippen molar-refractivity contribution in [2.24, 2.45) is 0 Å². The molecular weight excluding hydrogens is 310 g/mol. The van der Waals surface area contributed by atoms with Gasteiger partial charge in [-0.15, -0.1) is 0 Å². The fourth-order valence-electron chi connectivity index (χ4n) is 3.97. The van der Waals surface area contributed by atoms with Crippen LogP contribution in [0.15, 0.2) is 54.6 Å². The molecule has 0 spiro atoms. The Bertz CT molecular complexity index is 723. The SMILES string of the molecule is O=C1NCCc2ccccc2C1N1CCN(Cc2ccccc2)CC1. The number of hydrogen-bond donors (Lipinski definition) is 1. The van der Waals surface area contributed by atoms with Crippen LogP contribution in [0.4, 0.5) is 0 Å². The summed E-state index contributed by atoms with van der Waals surface area (Å²) >= 11 is 0. The van der Waals surface area contributed by atoms with Crippen molar-refractivity contribution >= 4 is 5.91 Å². The Morgan fingerprint density at radius 3 is 2.44 bits per heavy atom. The summed E-state index contributed by atoms with van der Waals surface area (Å²) in [5.74, 6) is 0.154. The van der Waals surface area contributed by atoms with Crippen LogP contribution in [0.1, 0.15) is 22.7 Å². The molecule has 4 heteroatoms. The number of hydrogen-bond acceptors (Lipinski definition) is 3. The van der Waals surface area contributed by atoms with Gasteiger partial charge in [-0.25, -0.2) is 0 Å². The van der Waals surface area contributed by atoms with E-state index in [4.69, 9.17) is 0 Å². The van der Waals surface area contributed by atoms with Crippen LogP contribution < -0.4 is 5.32 Å². The Labute approximate surface area is 149 Å². The highest BCUT2D eigenvalue weighted by Crippen LogP contribution is 2.28. The molecule has 1 amide bonds. The topological polar surface area (TPSA) is 35.6 Å². The van der Waals surface area contributed by atoms with Crippen LogP contribution in [0, 0.1) is 0 Å². The minimum atomic E-state index is -0.141. The van der Waals surface area contributed by atoms with Gasteiger partial charge in [0.05, 0.1) is 0 Å². The molecule has 2 heterocycles. The normalized spacial score (nSPS) is 22.1. The van der Waals surface area contributed by atoms with Crippen LogP contribution in [0.25, 0.3) is 0 Å². The number of fused-ring (bicyclic) bond motifs is 1. The van der Waals surface area contributed by atoms with E-state index in [1.54, 1.807) is 0 Å². The second-order valence-electron chi connectivity index (χ2n) is 6.94. The van der Waals surface area contributed by atoms with E-state index in [9.17, 15) is 4.79 Å². The van der Waals surface area contributed by atoms with Crippen molar-refractivity contribution in [3.05, 3.63) is 71.3 Å². The van der Waals surface area contributed by atoms with Crippen LogP contribution in [0.5, 0.6) is 0 Å². The number of nitrogens with zero attached hydrogens (tertiary/aromatic N) is 2. The van der Waals surface area contributed by atoms with E-state index < -0.39 is 0 Å². The predicted molar refractivity (Wildman–Crippen MR) is 99.2 cm³/mol. The standard InChI is InChI=1S/C21H25N3O/c25-21-20(19-9-5-4-8-18(19)10-11-22-21)24-14-12-23(13-15-24)16-17-6-2-1-3-7-17/h1-9,20H,10-16H2,(H,22,25). The first-order valence-corrected chi connectivity index (χ1v) is 9.17. The molecule has 1 atom stereocenters. The van der Waals surface area contributed by atoms with E-state index in [0.29, 0.717) is 0 Å². The lowest BCUT2D eigenvalue weighted by Gasteiger charge is -2.38. The molecule has 1 fully saturated rings. The summed E-state index contributed by atoms with van der Waals surface area (Å²) in [6.45, 7) is 5.59. The van der Waals surface area contributed by atoms with Gasteiger partial charge in [0.1, 0.15) is 6.04 Å². The van der Waals surface area contributed by atoms with Crippen molar-refractivity contribution in [3.8, 4) is 0 Å². The molecule has 25 heavy (non-hydrogen) atoms. The lowest BCUT2D eigenvalue weighted by atomic mass is 9.97. The van der Waals surface area contributed by atoms with Gasteiger partial charge in [-0.1, -0.05) is 54.6 Å². The monoisotopic (exact) mass is 335 g/mol. The van der Waals surface area contributed by atoms with Gasteiger partial charge in [-0.2, -0.15) is 0 Å². The molecule has 0 aromatic heterocycles. The Morgan fingerprint density at radius 1 is 0.920 bits per heavy atom. The highest BCUT2D eigenvalue weighted by atomic mass is 16.2. The van der Waals surface area contributed by atoms with Gasteiger partial charge in [0.15, 0.2) is 0 Å². The number of benzene rings is 2. The number of piperazine rings is 1. The molecule has 1 N–H and O–H groups in total. The van der Waals surface area contributed by atoms with E-state index in [1.807, 2.05) is 0 Å². The molecule has 2 aliphatic rings. The summed E-state index contributed by atoms with van der Waals surface area (Å²) in [4.78, 5) is 17.5. The van der Waals surface area contributed by atoms with Crippen molar-refractivity contribution < 1.29 is 4.79 Å². The number of amides is 1. The molecule has 2 aromatic carbocycles. The third kappa shape index (κ3) is 3.60. The Kier molecular flexibility index (Phi) is 4.81. The third-order valence-corrected chi connectivity index (χ3v) is 5.31. The van der Waals surface area contributed by atoms with Gasteiger partial charge in [-0.3, -0.25) is 14.6 Å². The highest BCUT2D eigenvalue weighted by Gasteiger charge is 2.33. The minimum Gasteiger partial charge on any atom is -0.354 e. The molecule has 4 nitrogen and oxygen atoms in total. The van der Waals surface area contributed by atoms with E-state index >= 15 is 0 Å². The molecular formula is C21H25N3O. The number of rotatable bonds is 3. The molecule has 2 aromatic rings. The quantitative estimate of drug-likeness (QED) is 0.934. The van der Waals surface area contributed by atoms with Crippen LogP contribution in [0.2, 0.25) is 0 Å². The van der Waals surface area contributed by atoms with Crippen molar-refractivity contribution in [3.63, 3.8) is 0 Å². The average molecular weight is 335 g/mol. The van der Waals surface area contributed by atoms with Gasteiger partial charge in [0, 0.05) is 39.3 Å². The molecule has 1 unspecified atom stereocenters. The van der Waals surface area contributed by atoms with Crippen molar-refractivity contribution in [2.75, 3.05) is 32.7 Å². The maximum absolute atomic E-state index is 12.7. The number of carbonyl (C=O) groups excluding carboxylic acids is 1. The maximum Gasteiger partial charge on any atom is 0.241 e. The number of nitrogens with one attached hydrogen (secondary N) is 1. The first kappa shape index (κ1) is 16.3. The maximum atomic E-state index is 12.7. The van der Waals surface area contributed by atoms with Gasteiger partial charge >= 0.3 is 0 Å². The van der Waals surface area contributed by atoms with E-state index in [-0.39, 0.29) is 11.9 Å². The Hall–Kier alpha value is -2.17. The van der Waals surface area contributed by atoms with Crippen molar-refractivity contribution in [2.45, 2.75) is 19.0 Å². The van der Waals surface area contributed by atoms with Crippen LogP contribution >= 0.6 is 0 Å². The van der Waals surface area contributed by atoms with Gasteiger partial charge < -0.3 is 5.32 Å².